The fourth-order valence-corrected chi connectivity index (χ4v) is 5.04. The third kappa shape index (κ3) is 9.60. The van der Waals surface area contributed by atoms with E-state index in [1.165, 1.54) is 0 Å². The first-order chi connectivity index (χ1) is 18.2. The van der Waals surface area contributed by atoms with Gasteiger partial charge in [0.25, 0.3) is 0 Å². The highest BCUT2D eigenvalue weighted by Crippen LogP contribution is 2.28. The van der Waals surface area contributed by atoms with Crippen LogP contribution in [0, 0.1) is 17.8 Å². The van der Waals surface area contributed by atoms with Crippen molar-refractivity contribution < 1.29 is 23.9 Å². The molecule has 0 aromatic heterocycles. The van der Waals surface area contributed by atoms with Crippen molar-refractivity contribution in [2.24, 2.45) is 17.8 Å². The lowest BCUT2D eigenvalue weighted by Crippen LogP contribution is -2.61. The molecule has 0 aliphatic heterocycles. The number of nitrogens with one attached hydrogen (secondary N) is 2. The molecule has 1 rings (SSSR count). The zero-order valence-corrected chi connectivity index (χ0v) is 26.0. The monoisotopic (exact) mass is 547 g/mol. The Labute approximate surface area is 236 Å². The number of ether oxygens (including phenoxy) is 2. The number of carbonyl (C=O) groups excluding carboxylic acids is 3. The second-order valence-electron chi connectivity index (χ2n) is 11.9. The molecule has 0 unspecified atom stereocenters. The van der Waals surface area contributed by atoms with E-state index in [2.05, 4.69) is 10.6 Å². The average Bonchev–Trinajstić information content (AvgIpc) is 2.89. The molecule has 2 N–H and O–H groups in total. The van der Waals surface area contributed by atoms with E-state index in [1.807, 2.05) is 85.7 Å². The molecule has 0 spiro atoms. The molecule has 1 aromatic rings. The third-order valence-electron chi connectivity index (χ3n) is 7.67. The number of carbonyl (C=O) groups is 3. The van der Waals surface area contributed by atoms with Crippen LogP contribution in [0.25, 0.3) is 0 Å². The maximum atomic E-state index is 14.0. The first kappa shape index (κ1) is 34.6. The number of hydrogen-bond acceptors (Lipinski definition) is 6. The van der Waals surface area contributed by atoms with Crippen LogP contribution in [0.3, 0.4) is 0 Å². The average molecular weight is 548 g/mol. The quantitative estimate of drug-likeness (QED) is 0.302. The van der Waals surface area contributed by atoms with E-state index in [-0.39, 0.29) is 48.0 Å². The molecule has 0 fully saturated rings. The lowest BCUT2D eigenvalue weighted by Gasteiger charge is -2.40. The van der Waals surface area contributed by atoms with E-state index < -0.39 is 23.6 Å². The Morgan fingerprint density at radius 2 is 1.62 bits per heavy atom. The van der Waals surface area contributed by atoms with E-state index in [0.29, 0.717) is 6.61 Å². The van der Waals surface area contributed by atoms with Crippen molar-refractivity contribution in [2.45, 2.75) is 97.9 Å². The van der Waals surface area contributed by atoms with Crippen LogP contribution in [0.15, 0.2) is 30.3 Å². The standard InChI is InChI=1S/C31H53N3O5/c1-12-22(6)27(24(38-11)18-25(35)39-19-20(2)3)34(10)30(37)26(21(4)5)33-29(36)28(32-9)31(7,8)23-16-14-13-15-17-23/h13-17,20-22,24,26-28,32H,12,18-19H2,1-11H3,(H,33,36)/t22-,24+,26-,27-,28+/m0/s1. The lowest BCUT2D eigenvalue weighted by molar-refractivity contribution is -0.152. The highest BCUT2D eigenvalue weighted by atomic mass is 16.5. The summed E-state index contributed by atoms with van der Waals surface area (Å²) >= 11 is 0. The van der Waals surface area contributed by atoms with Gasteiger partial charge in [0.05, 0.1) is 31.2 Å². The van der Waals surface area contributed by atoms with Gasteiger partial charge in [0.1, 0.15) is 6.04 Å². The summed E-state index contributed by atoms with van der Waals surface area (Å²) in [7, 11) is 5.04. The number of hydrogen-bond donors (Lipinski definition) is 2. The number of esters is 1. The van der Waals surface area contributed by atoms with Gasteiger partial charge < -0.3 is 25.0 Å². The predicted molar refractivity (Wildman–Crippen MR) is 156 cm³/mol. The number of benzene rings is 1. The molecule has 0 heterocycles. The van der Waals surface area contributed by atoms with Crippen molar-refractivity contribution in [3.8, 4) is 0 Å². The van der Waals surface area contributed by atoms with Crippen LogP contribution in [-0.2, 0) is 29.3 Å². The van der Waals surface area contributed by atoms with Crippen molar-refractivity contribution in [1.29, 1.82) is 0 Å². The summed E-state index contributed by atoms with van der Waals surface area (Å²) in [6.45, 7) is 16.3. The number of rotatable bonds is 16. The minimum atomic E-state index is -0.748. The largest absolute Gasteiger partial charge is 0.465 e. The summed E-state index contributed by atoms with van der Waals surface area (Å²) in [5.74, 6) is -0.684. The van der Waals surface area contributed by atoms with Crippen LogP contribution < -0.4 is 10.6 Å². The molecule has 222 valence electrons. The molecule has 0 saturated carbocycles. The summed E-state index contributed by atoms with van der Waals surface area (Å²) in [4.78, 5) is 41.8. The summed E-state index contributed by atoms with van der Waals surface area (Å²) in [5, 5.41) is 6.20. The molecule has 2 amide bonds. The summed E-state index contributed by atoms with van der Waals surface area (Å²) in [5.41, 5.74) is 0.501. The van der Waals surface area contributed by atoms with E-state index in [4.69, 9.17) is 9.47 Å². The van der Waals surface area contributed by atoms with Gasteiger partial charge in [0.2, 0.25) is 11.8 Å². The topological polar surface area (TPSA) is 97.0 Å². The Kier molecular flexibility index (Phi) is 14.2. The predicted octanol–water partition coefficient (Wildman–Crippen LogP) is 4.17. The molecule has 0 saturated heterocycles. The second kappa shape index (κ2) is 16.0. The zero-order chi connectivity index (χ0) is 29.9. The van der Waals surface area contributed by atoms with Gasteiger partial charge in [-0.1, -0.05) is 92.1 Å². The molecular weight excluding hydrogens is 494 g/mol. The van der Waals surface area contributed by atoms with Crippen LogP contribution in [0.1, 0.15) is 73.8 Å². The molecule has 1 aromatic carbocycles. The first-order valence-electron chi connectivity index (χ1n) is 14.2. The molecule has 8 heteroatoms. The van der Waals surface area contributed by atoms with Crippen LogP contribution in [0.5, 0.6) is 0 Å². The van der Waals surface area contributed by atoms with Gasteiger partial charge in [0.15, 0.2) is 0 Å². The van der Waals surface area contributed by atoms with E-state index >= 15 is 0 Å². The van der Waals surface area contributed by atoms with Crippen molar-refractivity contribution in [3.63, 3.8) is 0 Å². The Morgan fingerprint density at radius 1 is 1.03 bits per heavy atom. The van der Waals surface area contributed by atoms with Gasteiger partial charge in [-0.3, -0.25) is 14.4 Å². The van der Waals surface area contributed by atoms with Crippen molar-refractivity contribution in [3.05, 3.63) is 35.9 Å². The fraction of sp³-hybridized carbons (Fsp3) is 0.710. The maximum Gasteiger partial charge on any atom is 0.308 e. The number of amides is 2. The molecular formula is C31H53N3O5. The first-order valence-corrected chi connectivity index (χ1v) is 14.2. The van der Waals surface area contributed by atoms with Gasteiger partial charge in [-0.05, 0) is 30.4 Å². The van der Waals surface area contributed by atoms with Gasteiger partial charge in [0, 0.05) is 19.6 Å². The minimum absolute atomic E-state index is 0.0433. The van der Waals surface area contributed by atoms with E-state index in [9.17, 15) is 14.4 Å². The maximum absolute atomic E-state index is 14.0. The molecule has 39 heavy (non-hydrogen) atoms. The molecule has 0 aliphatic carbocycles. The number of nitrogens with zero attached hydrogens (tertiary/aromatic N) is 1. The Balaban J connectivity index is 3.21. The highest BCUT2D eigenvalue weighted by Gasteiger charge is 2.41. The highest BCUT2D eigenvalue weighted by molar-refractivity contribution is 5.91. The zero-order valence-electron chi connectivity index (χ0n) is 26.0. The SMILES string of the molecule is CC[C@H](C)[C@@H]([C@@H](CC(=O)OCC(C)C)OC)N(C)C(=O)[C@@H](NC(=O)[C@@H](NC)C(C)(C)c1ccccc1)C(C)C. The van der Waals surface area contributed by atoms with Crippen LogP contribution in [0.2, 0.25) is 0 Å². The molecule has 0 bridgehead atoms. The Bertz CT molecular complexity index is 903. The summed E-state index contributed by atoms with van der Waals surface area (Å²) in [6, 6.07) is 8.18. The van der Waals surface area contributed by atoms with Gasteiger partial charge in [-0.25, -0.2) is 0 Å². The van der Waals surface area contributed by atoms with Crippen LogP contribution in [-0.4, -0.2) is 74.7 Å². The summed E-state index contributed by atoms with van der Waals surface area (Å²) in [6.07, 6.45) is 0.288. The fourth-order valence-electron chi connectivity index (χ4n) is 5.04. The summed E-state index contributed by atoms with van der Waals surface area (Å²) < 4.78 is 11.2. The second-order valence-corrected chi connectivity index (χ2v) is 11.9. The van der Waals surface area contributed by atoms with Crippen LogP contribution >= 0.6 is 0 Å². The van der Waals surface area contributed by atoms with Gasteiger partial charge in [-0.2, -0.15) is 0 Å². The molecule has 5 atom stereocenters. The Hall–Kier alpha value is -2.45. The normalized spacial score (nSPS) is 15.8. The molecule has 0 aliphatic rings. The van der Waals surface area contributed by atoms with Gasteiger partial charge >= 0.3 is 5.97 Å². The number of methoxy groups -OCH3 is 1. The Morgan fingerprint density at radius 3 is 2.08 bits per heavy atom. The molecule has 0 radical (unpaired) electrons. The van der Waals surface area contributed by atoms with Crippen molar-refractivity contribution in [2.75, 3.05) is 27.8 Å². The van der Waals surface area contributed by atoms with Crippen LogP contribution in [0.4, 0.5) is 0 Å². The minimum Gasteiger partial charge on any atom is -0.465 e. The van der Waals surface area contributed by atoms with Crippen molar-refractivity contribution >= 4 is 17.8 Å². The van der Waals surface area contributed by atoms with Gasteiger partial charge in [-0.15, -0.1) is 0 Å². The van der Waals surface area contributed by atoms with E-state index in [0.717, 1.165) is 12.0 Å². The molecule has 8 nitrogen and oxygen atoms in total. The third-order valence-corrected chi connectivity index (χ3v) is 7.67. The van der Waals surface area contributed by atoms with Crippen molar-refractivity contribution in [1.82, 2.24) is 15.5 Å². The lowest BCUT2D eigenvalue weighted by atomic mass is 9.77. The van der Waals surface area contributed by atoms with E-state index in [1.54, 1.807) is 26.1 Å². The smallest absolute Gasteiger partial charge is 0.308 e. The number of likely N-dealkylation sites (N-methyl/N-ethyl adjacent to an activating group) is 2.